The summed E-state index contributed by atoms with van der Waals surface area (Å²) in [5.41, 5.74) is 0. The molecule has 0 aromatic carbocycles. The zero-order valence-electron chi connectivity index (χ0n) is 9.06. The lowest BCUT2D eigenvalue weighted by molar-refractivity contribution is 0.188. The Hall–Kier alpha value is -1.63. The standard InChI is InChI=1S/C9H15N5O2/c1-6(8-10-5-11-14-8)12-9(15)13-7-2-3-16-4-7/h5-7H,2-4H2,1H3,(H,10,11,14)(H2,12,13,15). The Morgan fingerprint density at radius 1 is 1.75 bits per heavy atom. The first kappa shape index (κ1) is 10.9. The third-order valence-electron chi connectivity index (χ3n) is 2.46. The molecule has 1 aliphatic heterocycles. The molecule has 7 nitrogen and oxygen atoms in total. The molecule has 88 valence electrons. The number of nitrogens with zero attached hydrogens (tertiary/aromatic N) is 2. The first-order valence-corrected chi connectivity index (χ1v) is 5.25. The Labute approximate surface area is 93.0 Å². The second kappa shape index (κ2) is 4.93. The average molecular weight is 225 g/mol. The van der Waals surface area contributed by atoms with Gasteiger partial charge in [-0.2, -0.15) is 5.10 Å². The van der Waals surface area contributed by atoms with Crippen molar-refractivity contribution in [2.45, 2.75) is 25.4 Å². The molecule has 0 radical (unpaired) electrons. The maximum absolute atomic E-state index is 11.6. The molecule has 0 bridgehead atoms. The molecule has 2 rings (SSSR count). The Kier molecular flexibility index (Phi) is 3.35. The van der Waals surface area contributed by atoms with Gasteiger partial charge >= 0.3 is 6.03 Å². The molecule has 1 fully saturated rings. The van der Waals surface area contributed by atoms with Gasteiger partial charge in [-0.15, -0.1) is 0 Å². The third-order valence-corrected chi connectivity index (χ3v) is 2.46. The van der Waals surface area contributed by atoms with Crippen LogP contribution >= 0.6 is 0 Å². The molecule has 1 aromatic rings. The summed E-state index contributed by atoms with van der Waals surface area (Å²) in [6.07, 6.45) is 2.28. The number of carbonyl (C=O) groups excluding carboxylic acids is 1. The van der Waals surface area contributed by atoms with Crippen LogP contribution in [-0.4, -0.2) is 40.5 Å². The van der Waals surface area contributed by atoms with Crippen molar-refractivity contribution in [2.75, 3.05) is 13.2 Å². The van der Waals surface area contributed by atoms with Gasteiger partial charge in [-0.3, -0.25) is 5.10 Å². The number of hydrogen-bond donors (Lipinski definition) is 3. The van der Waals surface area contributed by atoms with Crippen molar-refractivity contribution >= 4 is 6.03 Å². The first-order valence-electron chi connectivity index (χ1n) is 5.25. The van der Waals surface area contributed by atoms with Gasteiger partial charge < -0.3 is 15.4 Å². The predicted molar refractivity (Wildman–Crippen MR) is 55.7 cm³/mol. The number of rotatable bonds is 3. The Morgan fingerprint density at radius 3 is 3.25 bits per heavy atom. The molecule has 3 N–H and O–H groups in total. The summed E-state index contributed by atoms with van der Waals surface area (Å²) in [7, 11) is 0. The molecule has 2 amide bonds. The SMILES string of the molecule is CC(NC(=O)NC1CCOC1)c1ncn[nH]1. The molecule has 2 unspecified atom stereocenters. The fourth-order valence-electron chi connectivity index (χ4n) is 1.56. The average Bonchev–Trinajstić information content (AvgIpc) is 2.88. The van der Waals surface area contributed by atoms with Gasteiger partial charge in [0.25, 0.3) is 0 Å². The zero-order chi connectivity index (χ0) is 11.4. The van der Waals surface area contributed by atoms with Crippen LogP contribution in [0.25, 0.3) is 0 Å². The quantitative estimate of drug-likeness (QED) is 0.672. The number of H-pyrrole nitrogens is 1. The predicted octanol–water partition coefficient (Wildman–Crippen LogP) is -0.0462. The van der Waals surface area contributed by atoms with Crippen LogP contribution in [0.2, 0.25) is 0 Å². The second-order valence-corrected chi connectivity index (χ2v) is 3.77. The van der Waals surface area contributed by atoms with Crippen LogP contribution in [0.15, 0.2) is 6.33 Å². The van der Waals surface area contributed by atoms with Crippen LogP contribution < -0.4 is 10.6 Å². The molecule has 7 heteroatoms. The molecule has 0 spiro atoms. The van der Waals surface area contributed by atoms with Crippen molar-refractivity contribution in [3.63, 3.8) is 0 Å². The molecular formula is C9H15N5O2. The van der Waals surface area contributed by atoms with E-state index in [1.165, 1.54) is 6.33 Å². The van der Waals surface area contributed by atoms with Crippen LogP contribution in [0, 0.1) is 0 Å². The molecule has 1 saturated heterocycles. The highest BCUT2D eigenvalue weighted by molar-refractivity contribution is 5.74. The van der Waals surface area contributed by atoms with Gasteiger partial charge in [0.2, 0.25) is 0 Å². The minimum Gasteiger partial charge on any atom is -0.379 e. The van der Waals surface area contributed by atoms with Gasteiger partial charge in [-0.05, 0) is 13.3 Å². The summed E-state index contributed by atoms with van der Waals surface area (Å²) in [5, 5.41) is 12.0. The molecule has 1 aliphatic rings. The summed E-state index contributed by atoms with van der Waals surface area (Å²) < 4.78 is 5.16. The molecule has 2 atom stereocenters. The number of nitrogens with one attached hydrogen (secondary N) is 3. The van der Waals surface area contributed by atoms with Gasteiger partial charge in [-0.1, -0.05) is 0 Å². The number of hydrogen-bond acceptors (Lipinski definition) is 4. The molecule has 2 heterocycles. The highest BCUT2D eigenvalue weighted by atomic mass is 16.5. The zero-order valence-corrected chi connectivity index (χ0v) is 9.06. The van der Waals surface area contributed by atoms with E-state index in [0.717, 1.165) is 6.42 Å². The minimum atomic E-state index is -0.209. The molecule has 1 aromatic heterocycles. The summed E-state index contributed by atoms with van der Waals surface area (Å²) in [5.74, 6) is 0.637. The van der Waals surface area contributed by atoms with Crippen LogP contribution in [0.5, 0.6) is 0 Å². The molecule has 0 saturated carbocycles. The molecule has 0 aliphatic carbocycles. The Bertz CT molecular complexity index is 334. The van der Waals surface area contributed by atoms with E-state index in [4.69, 9.17) is 4.74 Å². The van der Waals surface area contributed by atoms with Crippen molar-refractivity contribution in [3.8, 4) is 0 Å². The first-order chi connectivity index (χ1) is 7.75. The van der Waals surface area contributed by atoms with Gasteiger partial charge in [0.05, 0.1) is 18.7 Å². The minimum absolute atomic E-state index is 0.113. The summed E-state index contributed by atoms with van der Waals surface area (Å²) >= 11 is 0. The van der Waals surface area contributed by atoms with Crippen molar-refractivity contribution in [2.24, 2.45) is 0 Å². The molecule has 16 heavy (non-hydrogen) atoms. The summed E-state index contributed by atoms with van der Waals surface area (Å²) in [6, 6.07) is -0.286. The van der Waals surface area contributed by atoms with E-state index in [1.807, 2.05) is 6.92 Å². The van der Waals surface area contributed by atoms with Crippen molar-refractivity contribution in [1.29, 1.82) is 0 Å². The summed E-state index contributed by atoms with van der Waals surface area (Å²) in [6.45, 7) is 3.14. The maximum atomic E-state index is 11.6. The normalized spacial score (nSPS) is 21.7. The second-order valence-electron chi connectivity index (χ2n) is 3.77. The van der Waals surface area contributed by atoms with Crippen LogP contribution in [0.1, 0.15) is 25.2 Å². The number of amides is 2. The molecular weight excluding hydrogens is 210 g/mol. The van der Waals surface area contributed by atoms with Crippen molar-refractivity contribution in [3.05, 3.63) is 12.2 Å². The van der Waals surface area contributed by atoms with Crippen LogP contribution in [0.4, 0.5) is 4.79 Å². The highest BCUT2D eigenvalue weighted by Gasteiger charge is 2.19. The Balaban J connectivity index is 1.78. The summed E-state index contributed by atoms with van der Waals surface area (Å²) in [4.78, 5) is 15.5. The Morgan fingerprint density at radius 2 is 2.62 bits per heavy atom. The van der Waals surface area contributed by atoms with E-state index in [1.54, 1.807) is 0 Å². The highest BCUT2D eigenvalue weighted by Crippen LogP contribution is 2.05. The number of aromatic amines is 1. The van der Waals surface area contributed by atoms with E-state index in [0.29, 0.717) is 19.0 Å². The number of ether oxygens (including phenoxy) is 1. The smallest absolute Gasteiger partial charge is 0.315 e. The lowest BCUT2D eigenvalue weighted by atomic mass is 10.3. The van der Waals surface area contributed by atoms with Crippen molar-refractivity contribution in [1.82, 2.24) is 25.8 Å². The van der Waals surface area contributed by atoms with E-state index in [2.05, 4.69) is 25.8 Å². The largest absolute Gasteiger partial charge is 0.379 e. The van der Waals surface area contributed by atoms with E-state index < -0.39 is 0 Å². The fourth-order valence-corrected chi connectivity index (χ4v) is 1.56. The topological polar surface area (TPSA) is 91.9 Å². The third kappa shape index (κ3) is 2.69. The monoisotopic (exact) mass is 225 g/mol. The van der Waals surface area contributed by atoms with E-state index >= 15 is 0 Å². The lowest BCUT2D eigenvalue weighted by Gasteiger charge is -2.15. The lowest BCUT2D eigenvalue weighted by Crippen LogP contribution is -2.43. The van der Waals surface area contributed by atoms with Gasteiger partial charge in [0.15, 0.2) is 0 Å². The van der Waals surface area contributed by atoms with E-state index in [-0.39, 0.29) is 18.1 Å². The van der Waals surface area contributed by atoms with Crippen molar-refractivity contribution < 1.29 is 9.53 Å². The van der Waals surface area contributed by atoms with Gasteiger partial charge in [-0.25, -0.2) is 9.78 Å². The maximum Gasteiger partial charge on any atom is 0.315 e. The fraction of sp³-hybridized carbons (Fsp3) is 0.667. The van der Waals surface area contributed by atoms with Gasteiger partial charge in [0.1, 0.15) is 12.2 Å². The number of aromatic nitrogens is 3. The van der Waals surface area contributed by atoms with Gasteiger partial charge in [0, 0.05) is 6.61 Å². The van der Waals surface area contributed by atoms with E-state index in [9.17, 15) is 4.79 Å². The number of carbonyl (C=O) groups is 1. The number of urea groups is 1. The van der Waals surface area contributed by atoms with Crippen LogP contribution in [-0.2, 0) is 4.74 Å². The van der Waals surface area contributed by atoms with Crippen LogP contribution in [0.3, 0.4) is 0 Å².